The minimum atomic E-state index is -1.06. The molecule has 0 spiro atoms. The predicted octanol–water partition coefficient (Wildman–Crippen LogP) is 0.460. The van der Waals surface area contributed by atoms with Gasteiger partial charge in [-0.3, -0.25) is 9.00 Å². The first-order valence-corrected chi connectivity index (χ1v) is 7.51. The molecule has 0 fully saturated rings. The third-order valence-electron chi connectivity index (χ3n) is 2.80. The topological polar surface area (TPSA) is 88.4 Å². The number of aromatic carboxylic acids is 1. The molecule has 19 heavy (non-hydrogen) atoms. The molecule has 0 aliphatic heterocycles. The van der Waals surface area contributed by atoms with Crippen LogP contribution in [0.25, 0.3) is 0 Å². The minimum absolute atomic E-state index is 0.0291. The van der Waals surface area contributed by atoms with Gasteiger partial charge in [-0.25, -0.2) is 4.79 Å². The molecule has 0 aliphatic carbocycles. The van der Waals surface area contributed by atoms with Crippen molar-refractivity contribution >= 4 is 22.7 Å². The van der Waals surface area contributed by atoms with Gasteiger partial charge in [0.25, 0.3) is 0 Å². The number of rotatable bonds is 7. The van der Waals surface area contributed by atoms with Gasteiger partial charge in [-0.05, 0) is 18.6 Å². The molecule has 0 aliphatic rings. The second kappa shape index (κ2) is 7.08. The average Bonchev–Trinajstić information content (AvgIpc) is 2.76. The van der Waals surface area contributed by atoms with Crippen molar-refractivity contribution in [2.45, 2.75) is 25.1 Å². The van der Waals surface area contributed by atoms with Crippen LogP contribution in [0.2, 0.25) is 0 Å². The van der Waals surface area contributed by atoms with Gasteiger partial charge in [0.15, 0.2) is 0 Å². The summed E-state index contributed by atoms with van der Waals surface area (Å²) in [5.74, 6) is -1.32. The summed E-state index contributed by atoms with van der Waals surface area (Å²) in [7, 11) is -0.901. The van der Waals surface area contributed by atoms with Gasteiger partial charge in [0.2, 0.25) is 5.91 Å². The van der Waals surface area contributed by atoms with Crippen molar-refractivity contribution < 1.29 is 18.9 Å². The van der Waals surface area contributed by atoms with Crippen LogP contribution in [0.1, 0.15) is 23.8 Å². The first kappa shape index (κ1) is 15.4. The fourth-order valence-corrected chi connectivity index (χ4v) is 1.99. The Balaban J connectivity index is 2.41. The zero-order chi connectivity index (χ0) is 14.4. The molecule has 1 amide bonds. The smallest absolute Gasteiger partial charge is 0.352 e. The molecule has 0 radical (unpaired) electrons. The molecular formula is C12H18N2O4S. The zero-order valence-electron chi connectivity index (χ0n) is 11.0. The normalized spacial score (nSPS) is 13.8. The highest BCUT2D eigenvalue weighted by atomic mass is 32.2. The number of carbonyl (C=O) groups excluding carboxylic acids is 1. The summed E-state index contributed by atoms with van der Waals surface area (Å²) >= 11 is 0. The maximum Gasteiger partial charge on any atom is 0.352 e. The monoisotopic (exact) mass is 286 g/mol. The van der Waals surface area contributed by atoms with E-state index in [0.717, 1.165) is 0 Å². The fraction of sp³-hybridized carbons (Fsp3) is 0.500. The van der Waals surface area contributed by atoms with Crippen LogP contribution < -0.4 is 5.32 Å². The van der Waals surface area contributed by atoms with Crippen molar-refractivity contribution in [1.82, 2.24) is 9.88 Å². The lowest BCUT2D eigenvalue weighted by molar-refractivity contribution is -0.121. The molecule has 0 saturated carbocycles. The number of hydrogen-bond donors (Lipinski definition) is 2. The molecule has 0 saturated heterocycles. The van der Waals surface area contributed by atoms with E-state index in [1.165, 1.54) is 10.6 Å². The predicted molar refractivity (Wildman–Crippen MR) is 72.5 cm³/mol. The summed E-state index contributed by atoms with van der Waals surface area (Å²) < 4.78 is 12.5. The minimum Gasteiger partial charge on any atom is -0.477 e. The van der Waals surface area contributed by atoms with Crippen LogP contribution in [0.5, 0.6) is 0 Å². The zero-order valence-corrected chi connectivity index (χ0v) is 11.8. The Bertz CT molecular complexity index is 484. The Labute approximate surface area is 114 Å². The number of amides is 1. The van der Waals surface area contributed by atoms with Crippen LogP contribution >= 0.6 is 0 Å². The Hall–Kier alpha value is -1.63. The van der Waals surface area contributed by atoms with Crippen LogP contribution in [0.4, 0.5) is 0 Å². The van der Waals surface area contributed by atoms with Gasteiger partial charge < -0.3 is 15.0 Å². The molecule has 1 aromatic heterocycles. The van der Waals surface area contributed by atoms with Gasteiger partial charge in [0.05, 0.1) is 0 Å². The molecule has 1 heterocycles. The largest absolute Gasteiger partial charge is 0.477 e. The summed E-state index contributed by atoms with van der Waals surface area (Å²) in [5, 5.41) is 11.6. The third kappa shape index (κ3) is 4.86. The molecule has 2 N–H and O–H groups in total. The molecule has 7 heteroatoms. The van der Waals surface area contributed by atoms with E-state index in [1.54, 1.807) is 18.5 Å². The quantitative estimate of drug-likeness (QED) is 0.762. The van der Waals surface area contributed by atoms with Gasteiger partial charge in [-0.1, -0.05) is 6.92 Å². The van der Waals surface area contributed by atoms with E-state index < -0.39 is 16.8 Å². The highest BCUT2D eigenvalue weighted by molar-refractivity contribution is 7.84. The molecule has 2 atom stereocenters. The van der Waals surface area contributed by atoms with Gasteiger partial charge in [-0.15, -0.1) is 0 Å². The Morgan fingerprint density at radius 3 is 2.79 bits per heavy atom. The molecule has 0 bridgehead atoms. The number of nitrogens with one attached hydrogen (secondary N) is 1. The second-order valence-electron chi connectivity index (χ2n) is 4.27. The van der Waals surface area contributed by atoms with Gasteiger partial charge in [-0.2, -0.15) is 0 Å². The van der Waals surface area contributed by atoms with Crippen molar-refractivity contribution in [2.75, 3.05) is 12.8 Å². The SMILES string of the molecule is CC(CCNC(=O)Cn1cccc1C(=O)O)S(C)=O. The number of carboxylic acids is 1. The molecular weight excluding hydrogens is 268 g/mol. The van der Waals surface area contributed by atoms with Crippen LogP contribution in [0, 0.1) is 0 Å². The highest BCUT2D eigenvalue weighted by Gasteiger charge is 2.12. The summed E-state index contributed by atoms with van der Waals surface area (Å²) in [6, 6.07) is 3.02. The van der Waals surface area contributed by atoms with Gasteiger partial charge in [0, 0.05) is 35.0 Å². The van der Waals surface area contributed by atoms with E-state index >= 15 is 0 Å². The Kier molecular flexibility index (Phi) is 5.75. The summed E-state index contributed by atoms with van der Waals surface area (Å²) in [4.78, 5) is 22.5. The molecule has 1 aromatic rings. The maximum atomic E-state index is 11.6. The van der Waals surface area contributed by atoms with Crippen molar-refractivity contribution in [3.63, 3.8) is 0 Å². The highest BCUT2D eigenvalue weighted by Crippen LogP contribution is 2.02. The first-order chi connectivity index (χ1) is 8.91. The molecule has 0 aromatic carbocycles. The van der Waals surface area contributed by atoms with E-state index in [0.29, 0.717) is 13.0 Å². The van der Waals surface area contributed by atoms with Gasteiger partial charge in [0.1, 0.15) is 12.2 Å². The number of hydrogen-bond acceptors (Lipinski definition) is 3. The third-order valence-corrected chi connectivity index (χ3v) is 4.17. The summed E-state index contributed by atoms with van der Waals surface area (Å²) in [6.45, 7) is 2.26. The lowest BCUT2D eigenvalue weighted by Gasteiger charge is -2.10. The average molecular weight is 286 g/mol. The van der Waals surface area contributed by atoms with Gasteiger partial charge >= 0.3 is 5.97 Å². The Morgan fingerprint density at radius 1 is 1.53 bits per heavy atom. The molecule has 2 unspecified atom stereocenters. The second-order valence-corrected chi connectivity index (χ2v) is 6.08. The molecule has 6 nitrogen and oxygen atoms in total. The van der Waals surface area contributed by atoms with Crippen LogP contribution in [0.15, 0.2) is 18.3 Å². The van der Waals surface area contributed by atoms with Crippen molar-refractivity contribution in [1.29, 1.82) is 0 Å². The van der Waals surface area contributed by atoms with E-state index in [4.69, 9.17) is 5.11 Å². The molecule has 1 rings (SSSR count). The Morgan fingerprint density at radius 2 is 2.21 bits per heavy atom. The lowest BCUT2D eigenvalue weighted by atomic mass is 10.3. The first-order valence-electron chi connectivity index (χ1n) is 5.89. The van der Waals surface area contributed by atoms with Crippen LogP contribution in [0.3, 0.4) is 0 Å². The van der Waals surface area contributed by atoms with Crippen molar-refractivity contribution in [3.8, 4) is 0 Å². The maximum absolute atomic E-state index is 11.6. The fourth-order valence-electron chi connectivity index (χ4n) is 1.54. The van der Waals surface area contributed by atoms with Crippen molar-refractivity contribution in [3.05, 3.63) is 24.0 Å². The van der Waals surface area contributed by atoms with E-state index in [9.17, 15) is 13.8 Å². The van der Waals surface area contributed by atoms with Crippen LogP contribution in [-0.4, -0.2) is 43.8 Å². The summed E-state index contributed by atoms with van der Waals surface area (Å²) in [6.07, 6.45) is 3.81. The summed E-state index contributed by atoms with van der Waals surface area (Å²) in [5.41, 5.74) is 0.0816. The number of carboxylic acid groups (broad SMARTS) is 1. The lowest BCUT2D eigenvalue weighted by Crippen LogP contribution is -2.31. The standard InChI is InChI=1S/C12H18N2O4S/c1-9(19(2)18)5-6-13-11(15)8-14-7-3-4-10(14)12(16)17/h3-4,7,9H,5-6,8H2,1-2H3,(H,13,15)(H,16,17). The van der Waals surface area contributed by atoms with Crippen molar-refractivity contribution in [2.24, 2.45) is 0 Å². The number of nitrogens with zero attached hydrogens (tertiary/aromatic N) is 1. The number of carbonyl (C=O) groups is 2. The van der Waals surface area contributed by atoms with E-state index in [-0.39, 0.29) is 23.4 Å². The van der Waals surface area contributed by atoms with Crippen LogP contribution in [-0.2, 0) is 22.1 Å². The number of aromatic nitrogens is 1. The van der Waals surface area contributed by atoms with E-state index in [1.807, 2.05) is 6.92 Å². The van der Waals surface area contributed by atoms with E-state index in [2.05, 4.69) is 5.32 Å². The molecule has 106 valence electrons.